The summed E-state index contributed by atoms with van der Waals surface area (Å²) in [5, 5.41) is 17.5. The molecule has 0 aromatic rings. The zero-order chi connectivity index (χ0) is 11.1. The van der Waals surface area contributed by atoms with Gasteiger partial charge in [0.2, 0.25) is 0 Å². The summed E-state index contributed by atoms with van der Waals surface area (Å²) in [6.45, 7) is 2.19. The fraction of sp³-hybridized carbons (Fsp3) is 0.778. The first-order valence-corrected chi connectivity index (χ1v) is 4.98. The Hall–Kier alpha value is -1.46. The minimum absolute atomic E-state index is 0.0599. The van der Waals surface area contributed by atoms with Crippen LogP contribution in [-0.4, -0.2) is 58.4 Å². The molecule has 2 aliphatic rings. The van der Waals surface area contributed by atoms with Crippen LogP contribution >= 0.6 is 0 Å². The molecule has 0 aliphatic carbocycles. The molecule has 0 saturated carbocycles. The van der Waals surface area contributed by atoms with Crippen molar-refractivity contribution in [1.82, 2.24) is 9.80 Å². The van der Waals surface area contributed by atoms with Gasteiger partial charge < -0.3 is 20.0 Å². The highest BCUT2D eigenvalue weighted by Gasteiger charge is 2.47. The van der Waals surface area contributed by atoms with Crippen molar-refractivity contribution in [2.75, 3.05) is 26.2 Å². The average Bonchev–Trinajstić information content (AvgIpc) is 2.13. The maximum atomic E-state index is 10.7. The van der Waals surface area contributed by atoms with Crippen molar-refractivity contribution in [3.63, 3.8) is 0 Å². The first-order valence-electron chi connectivity index (χ1n) is 4.98. The molecule has 0 aromatic carbocycles. The van der Waals surface area contributed by atoms with Gasteiger partial charge in [0.25, 0.3) is 0 Å². The largest absolute Gasteiger partial charge is 0.465 e. The first kappa shape index (κ1) is 10.1. The van der Waals surface area contributed by atoms with E-state index in [1.54, 1.807) is 0 Å². The predicted molar refractivity (Wildman–Crippen MR) is 50.9 cm³/mol. The van der Waals surface area contributed by atoms with Crippen LogP contribution in [0.3, 0.4) is 0 Å². The van der Waals surface area contributed by atoms with Gasteiger partial charge in [0.1, 0.15) is 0 Å². The van der Waals surface area contributed by atoms with Crippen molar-refractivity contribution in [3.05, 3.63) is 0 Å². The van der Waals surface area contributed by atoms with E-state index in [-0.39, 0.29) is 5.41 Å². The molecule has 0 bridgehead atoms. The van der Waals surface area contributed by atoms with E-state index in [0.29, 0.717) is 26.2 Å². The van der Waals surface area contributed by atoms with Gasteiger partial charge in [-0.3, -0.25) is 0 Å². The quantitative estimate of drug-likeness (QED) is 0.623. The van der Waals surface area contributed by atoms with E-state index >= 15 is 0 Å². The highest BCUT2D eigenvalue weighted by molar-refractivity contribution is 5.67. The second-order valence-electron chi connectivity index (χ2n) is 4.41. The fourth-order valence-electron chi connectivity index (χ4n) is 2.39. The Balaban J connectivity index is 1.85. The van der Waals surface area contributed by atoms with Crippen LogP contribution in [0.1, 0.15) is 12.8 Å². The van der Waals surface area contributed by atoms with Crippen LogP contribution in [0.5, 0.6) is 0 Å². The lowest BCUT2D eigenvalue weighted by atomic mass is 9.72. The Labute approximate surface area is 87.1 Å². The number of piperidine rings is 1. The van der Waals surface area contributed by atoms with Crippen LogP contribution < -0.4 is 0 Å². The van der Waals surface area contributed by atoms with Gasteiger partial charge in [-0.25, -0.2) is 9.59 Å². The lowest BCUT2D eigenvalue weighted by Crippen LogP contribution is -2.61. The molecule has 2 rings (SSSR count). The van der Waals surface area contributed by atoms with Crippen LogP contribution in [0.2, 0.25) is 0 Å². The van der Waals surface area contributed by atoms with Crippen molar-refractivity contribution in [2.24, 2.45) is 5.41 Å². The summed E-state index contributed by atoms with van der Waals surface area (Å²) in [5.41, 5.74) is 0.0599. The summed E-state index contributed by atoms with van der Waals surface area (Å²) in [6, 6.07) is 0. The molecule has 84 valence electrons. The molecule has 6 nitrogen and oxygen atoms in total. The molecule has 2 amide bonds. The third kappa shape index (κ3) is 1.71. The van der Waals surface area contributed by atoms with Crippen LogP contribution in [-0.2, 0) is 0 Å². The maximum Gasteiger partial charge on any atom is 0.407 e. The molecule has 0 atom stereocenters. The van der Waals surface area contributed by atoms with Gasteiger partial charge in [-0.2, -0.15) is 0 Å². The number of hydrogen-bond acceptors (Lipinski definition) is 2. The predicted octanol–water partition coefficient (Wildman–Crippen LogP) is 0.740. The van der Waals surface area contributed by atoms with Crippen molar-refractivity contribution in [3.8, 4) is 0 Å². The first-order chi connectivity index (χ1) is 7.02. The Kier molecular flexibility index (Phi) is 2.21. The molecule has 0 aromatic heterocycles. The smallest absolute Gasteiger partial charge is 0.407 e. The number of nitrogens with zero attached hydrogens (tertiary/aromatic N) is 2. The Bertz CT molecular complexity index is 288. The minimum atomic E-state index is -0.876. The van der Waals surface area contributed by atoms with E-state index in [4.69, 9.17) is 10.2 Å². The molecule has 15 heavy (non-hydrogen) atoms. The van der Waals surface area contributed by atoms with Crippen LogP contribution in [0.25, 0.3) is 0 Å². The summed E-state index contributed by atoms with van der Waals surface area (Å²) < 4.78 is 0. The second kappa shape index (κ2) is 3.29. The van der Waals surface area contributed by atoms with Crippen molar-refractivity contribution in [2.45, 2.75) is 12.8 Å². The second-order valence-corrected chi connectivity index (χ2v) is 4.41. The SMILES string of the molecule is O=C(O)N1CCC2(CC1)CN(C(=O)O)C2. The topological polar surface area (TPSA) is 81.1 Å². The Morgan fingerprint density at radius 3 is 1.80 bits per heavy atom. The van der Waals surface area contributed by atoms with Crippen molar-refractivity contribution >= 4 is 12.2 Å². The highest BCUT2D eigenvalue weighted by Crippen LogP contribution is 2.40. The van der Waals surface area contributed by atoms with Crippen LogP contribution in [0, 0.1) is 5.41 Å². The minimum Gasteiger partial charge on any atom is -0.465 e. The fourth-order valence-corrected chi connectivity index (χ4v) is 2.39. The van der Waals surface area contributed by atoms with Gasteiger partial charge in [-0.05, 0) is 12.8 Å². The molecule has 0 unspecified atom stereocenters. The summed E-state index contributed by atoms with van der Waals surface area (Å²) in [7, 11) is 0. The molecule has 2 N–H and O–H groups in total. The van der Waals surface area contributed by atoms with Crippen LogP contribution in [0.4, 0.5) is 9.59 Å². The van der Waals surface area contributed by atoms with Gasteiger partial charge >= 0.3 is 12.2 Å². The number of carboxylic acid groups (broad SMARTS) is 2. The average molecular weight is 214 g/mol. The Morgan fingerprint density at radius 2 is 1.40 bits per heavy atom. The van der Waals surface area contributed by atoms with Gasteiger partial charge in [0.05, 0.1) is 0 Å². The summed E-state index contributed by atoms with van der Waals surface area (Å²) in [6.07, 6.45) is -0.188. The number of rotatable bonds is 0. The van der Waals surface area contributed by atoms with E-state index in [1.165, 1.54) is 9.80 Å². The summed E-state index contributed by atoms with van der Waals surface area (Å²) in [4.78, 5) is 24.1. The molecule has 0 radical (unpaired) electrons. The molecule has 2 heterocycles. The number of likely N-dealkylation sites (tertiary alicyclic amines) is 2. The monoisotopic (exact) mass is 214 g/mol. The zero-order valence-corrected chi connectivity index (χ0v) is 8.35. The lowest BCUT2D eigenvalue weighted by Gasteiger charge is -2.52. The molecule has 6 heteroatoms. The highest BCUT2D eigenvalue weighted by atomic mass is 16.4. The van der Waals surface area contributed by atoms with Gasteiger partial charge in [-0.1, -0.05) is 0 Å². The molecular formula is C9H14N2O4. The van der Waals surface area contributed by atoms with Crippen molar-refractivity contribution in [1.29, 1.82) is 0 Å². The molecule has 2 saturated heterocycles. The van der Waals surface area contributed by atoms with E-state index < -0.39 is 12.2 Å². The number of hydrogen-bond donors (Lipinski definition) is 2. The van der Waals surface area contributed by atoms with Gasteiger partial charge in [0, 0.05) is 31.6 Å². The molecule has 1 spiro atoms. The third-order valence-electron chi connectivity index (χ3n) is 3.42. The zero-order valence-electron chi connectivity index (χ0n) is 8.35. The normalized spacial score (nSPS) is 23.7. The third-order valence-corrected chi connectivity index (χ3v) is 3.42. The Morgan fingerprint density at radius 1 is 0.933 bits per heavy atom. The lowest BCUT2D eigenvalue weighted by molar-refractivity contribution is -0.0303. The molecule has 2 fully saturated rings. The van der Waals surface area contributed by atoms with Gasteiger partial charge in [-0.15, -0.1) is 0 Å². The standard InChI is InChI=1S/C9H14N2O4/c12-7(13)10-3-1-9(2-4-10)5-11(6-9)8(14)15/h1-6H2,(H,12,13)(H,14,15). The molecule has 2 aliphatic heterocycles. The van der Waals surface area contributed by atoms with Crippen LogP contribution in [0.15, 0.2) is 0 Å². The van der Waals surface area contributed by atoms with Gasteiger partial charge in [0.15, 0.2) is 0 Å². The van der Waals surface area contributed by atoms with E-state index in [0.717, 1.165) is 12.8 Å². The molecular weight excluding hydrogens is 200 g/mol. The number of amides is 2. The summed E-state index contributed by atoms with van der Waals surface area (Å²) >= 11 is 0. The number of carbonyl (C=O) groups is 2. The summed E-state index contributed by atoms with van der Waals surface area (Å²) in [5.74, 6) is 0. The maximum absolute atomic E-state index is 10.7. The van der Waals surface area contributed by atoms with E-state index in [2.05, 4.69) is 0 Å². The van der Waals surface area contributed by atoms with E-state index in [1.807, 2.05) is 0 Å². The van der Waals surface area contributed by atoms with Crippen molar-refractivity contribution < 1.29 is 19.8 Å². The van der Waals surface area contributed by atoms with E-state index in [9.17, 15) is 9.59 Å².